The SMILES string of the molecule is CCS(=O)(=O)c1ccc(-n2cnnn2)c(OC)c1. The Labute approximate surface area is 104 Å². The Kier molecular flexibility index (Phi) is 3.28. The molecule has 0 aliphatic carbocycles. The Morgan fingerprint density at radius 1 is 1.39 bits per heavy atom. The molecule has 0 bridgehead atoms. The molecule has 0 atom stereocenters. The number of hydrogen-bond acceptors (Lipinski definition) is 6. The highest BCUT2D eigenvalue weighted by atomic mass is 32.2. The highest BCUT2D eigenvalue weighted by molar-refractivity contribution is 7.91. The van der Waals surface area contributed by atoms with Gasteiger partial charge in [-0.15, -0.1) is 5.10 Å². The van der Waals surface area contributed by atoms with Crippen LogP contribution in [0.15, 0.2) is 29.4 Å². The van der Waals surface area contributed by atoms with E-state index >= 15 is 0 Å². The van der Waals surface area contributed by atoms with Crippen LogP contribution in [-0.2, 0) is 9.84 Å². The minimum Gasteiger partial charge on any atom is -0.494 e. The zero-order chi connectivity index (χ0) is 13.2. The fourth-order valence-electron chi connectivity index (χ4n) is 1.48. The fraction of sp³-hybridized carbons (Fsp3) is 0.300. The van der Waals surface area contributed by atoms with Gasteiger partial charge in [0.1, 0.15) is 17.8 Å². The molecule has 0 fully saturated rings. The summed E-state index contributed by atoms with van der Waals surface area (Å²) in [5.74, 6) is 0.442. The van der Waals surface area contributed by atoms with Crippen molar-refractivity contribution in [3.05, 3.63) is 24.5 Å². The van der Waals surface area contributed by atoms with Gasteiger partial charge in [0.25, 0.3) is 0 Å². The summed E-state index contributed by atoms with van der Waals surface area (Å²) in [6.45, 7) is 1.59. The van der Waals surface area contributed by atoms with Gasteiger partial charge in [-0.2, -0.15) is 4.68 Å². The number of methoxy groups -OCH3 is 1. The summed E-state index contributed by atoms with van der Waals surface area (Å²) in [6.07, 6.45) is 1.41. The van der Waals surface area contributed by atoms with Gasteiger partial charge in [0.05, 0.1) is 17.8 Å². The van der Waals surface area contributed by atoms with E-state index in [9.17, 15) is 8.42 Å². The van der Waals surface area contributed by atoms with Gasteiger partial charge in [-0.3, -0.25) is 0 Å². The molecule has 1 aromatic carbocycles. The number of rotatable bonds is 4. The van der Waals surface area contributed by atoms with Gasteiger partial charge in [-0.05, 0) is 22.6 Å². The molecule has 0 unspecified atom stereocenters. The molecule has 0 aliphatic rings. The largest absolute Gasteiger partial charge is 0.494 e. The monoisotopic (exact) mass is 268 g/mol. The first kappa shape index (κ1) is 12.5. The van der Waals surface area contributed by atoms with Crippen LogP contribution in [0.25, 0.3) is 5.69 Å². The molecule has 0 aliphatic heterocycles. The summed E-state index contributed by atoms with van der Waals surface area (Å²) in [5.41, 5.74) is 0.581. The second-order valence-electron chi connectivity index (χ2n) is 3.49. The minimum atomic E-state index is -3.26. The van der Waals surface area contributed by atoms with Crippen LogP contribution in [0.5, 0.6) is 5.75 Å². The van der Waals surface area contributed by atoms with Gasteiger partial charge in [0.2, 0.25) is 0 Å². The molecule has 0 spiro atoms. The van der Waals surface area contributed by atoms with Gasteiger partial charge < -0.3 is 4.74 Å². The molecule has 0 N–H and O–H groups in total. The Balaban J connectivity index is 2.54. The van der Waals surface area contributed by atoms with E-state index in [-0.39, 0.29) is 10.6 Å². The quantitative estimate of drug-likeness (QED) is 0.800. The van der Waals surface area contributed by atoms with Crippen LogP contribution in [0.2, 0.25) is 0 Å². The van der Waals surface area contributed by atoms with Crippen molar-refractivity contribution in [2.45, 2.75) is 11.8 Å². The molecular weight excluding hydrogens is 256 g/mol. The van der Waals surface area contributed by atoms with Crippen LogP contribution in [0.1, 0.15) is 6.92 Å². The lowest BCUT2D eigenvalue weighted by Crippen LogP contribution is -2.06. The maximum absolute atomic E-state index is 11.8. The van der Waals surface area contributed by atoms with Crippen LogP contribution >= 0.6 is 0 Å². The molecule has 8 heteroatoms. The van der Waals surface area contributed by atoms with Gasteiger partial charge >= 0.3 is 0 Å². The maximum atomic E-state index is 11.8. The number of tetrazole rings is 1. The molecule has 0 amide bonds. The first-order valence-electron chi connectivity index (χ1n) is 5.22. The van der Waals surface area contributed by atoms with Crippen molar-refractivity contribution in [2.24, 2.45) is 0 Å². The van der Waals surface area contributed by atoms with Gasteiger partial charge in [-0.1, -0.05) is 6.92 Å². The number of aromatic nitrogens is 4. The second kappa shape index (κ2) is 4.73. The molecule has 2 rings (SSSR count). The highest BCUT2D eigenvalue weighted by Crippen LogP contribution is 2.25. The third-order valence-corrected chi connectivity index (χ3v) is 4.22. The summed E-state index contributed by atoms with van der Waals surface area (Å²) in [6, 6.07) is 4.59. The third-order valence-electron chi connectivity index (χ3n) is 2.49. The first-order chi connectivity index (χ1) is 8.58. The van der Waals surface area contributed by atoms with Crippen LogP contribution in [0.4, 0.5) is 0 Å². The average Bonchev–Trinajstić information content (AvgIpc) is 2.91. The summed E-state index contributed by atoms with van der Waals surface area (Å²) in [7, 11) is -1.79. The first-order valence-corrected chi connectivity index (χ1v) is 6.88. The van der Waals surface area contributed by atoms with Crippen molar-refractivity contribution in [1.82, 2.24) is 20.2 Å². The predicted octanol–water partition coefficient (Wildman–Crippen LogP) is 0.464. The highest BCUT2D eigenvalue weighted by Gasteiger charge is 2.15. The predicted molar refractivity (Wildman–Crippen MR) is 63.4 cm³/mol. The van der Waals surface area contributed by atoms with Crippen LogP contribution in [0.3, 0.4) is 0 Å². The normalized spacial score (nSPS) is 11.4. The number of nitrogens with zero attached hydrogens (tertiary/aromatic N) is 4. The van der Waals surface area contributed by atoms with E-state index in [0.29, 0.717) is 11.4 Å². The van der Waals surface area contributed by atoms with Crippen molar-refractivity contribution in [2.75, 3.05) is 12.9 Å². The second-order valence-corrected chi connectivity index (χ2v) is 5.77. The average molecular weight is 268 g/mol. The summed E-state index contributed by atoms with van der Waals surface area (Å²) >= 11 is 0. The van der Waals surface area contributed by atoms with Crippen LogP contribution in [-0.4, -0.2) is 41.5 Å². The zero-order valence-corrected chi connectivity index (χ0v) is 10.8. The van der Waals surface area contributed by atoms with E-state index in [1.807, 2.05) is 0 Å². The number of benzene rings is 1. The molecule has 18 heavy (non-hydrogen) atoms. The fourth-order valence-corrected chi connectivity index (χ4v) is 2.37. The summed E-state index contributed by atoms with van der Waals surface area (Å²) in [5, 5.41) is 10.8. The molecule has 1 aromatic heterocycles. The van der Waals surface area contributed by atoms with Crippen molar-refractivity contribution in [3.8, 4) is 11.4 Å². The van der Waals surface area contributed by atoms with Gasteiger partial charge in [0, 0.05) is 6.07 Å². The van der Waals surface area contributed by atoms with E-state index < -0.39 is 9.84 Å². The Morgan fingerprint density at radius 2 is 2.17 bits per heavy atom. The van der Waals surface area contributed by atoms with Crippen molar-refractivity contribution in [1.29, 1.82) is 0 Å². The summed E-state index contributed by atoms with van der Waals surface area (Å²) in [4.78, 5) is 0.221. The molecule has 7 nitrogen and oxygen atoms in total. The molecule has 0 radical (unpaired) electrons. The standard InChI is InChI=1S/C10H12N4O3S/c1-3-18(15,16)8-4-5-9(10(6-8)17-2)14-7-11-12-13-14/h4-7H,3H2,1-2H3. The smallest absolute Gasteiger partial charge is 0.178 e. The van der Waals surface area contributed by atoms with Crippen LogP contribution < -0.4 is 4.74 Å². The van der Waals surface area contributed by atoms with E-state index in [1.54, 1.807) is 13.0 Å². The lowest BCUT2D eigenvalue weighted by atomic mass is 10.3. The maximum Gasteiger partial charge on any atom is 0.178 e. The Hall–Kier alpha value is -1.96. The Bertz CT molecular complexity index is 637. The zero-order valence-electron chi connectivity index (χ0n) is 9.94. The molecule has 96 valence electrons. The van der Waals surface area contributed by atoms with Crippen molar-refractivity contribution >= 4 is 9.84 Å². The number of ether oxygens (including phenoxy) is 1. The van der Waals surface area contributed by atoms with E-state index in [0.717, 1.165) is 0 Å². The van der Waals surface area contributed by atoms with Gasteiger partial charge in [0.15, 0.2) is 9.84 Å². The topological polar surface area (TPSA) is 87.0 Å². The van der Waals surface area contributed by atoms with E-state index in [2.05, 4.69) is 15.5 Å². The molecule has 0 saturated carbocycles. The van der Waals surface area contributed by atoms with Crippen LogP contribution in [0, 0.1) is 0 Å². The molecule has 2 aromatic rings. The number of sulfone groups is 1. The molecule has 1 heterocycles. The Morgan fingerprint density at radius 3 is 2.72 bits per heavy atom. The third kappa shape index (κ3) is 2.19. The molecular formula is C10H12N4O3S. The lowest BCUT2D eigenvalue weighted by Gasteiger charge is -2.09. The van der Waals surface area contributed by atoms with Crippen molar-refractivity contribution in [3.63, 3.8) is 0 Å². The lowest BCUT2D eigenvalue weighted by molar-refractivity contribution is 0.410. The van der Waals surface area contributed by atoms with E-state index in [4.69, 9.17) is 4.74 Å². The summed E-state index contributed by atoms with van der Waals surface area (Å²) < 4.78 is 30.1. The molecule has 0 saturated heterocycles. The van der Waals surface area contributed by atoms with Crippen molar-refractivity contribution < 1.29 is 13.2 Å². The van der Waals surface area contributed by atoms with E-state index in [1.165, 1.54) is 30.3 Å². The minimum absolute atomic E-state index is 0.0420. The number of hydrogen-bond donors (Lipinski definition) is 0. The van der Waals surface area contributed by atoms with Gasteiger partial charge in [-0.25, -0.2) is 8.42 Å².